The third kappa shape index (κ3) is 3.75. The summed E-state index contributed by atoms with van der Waals surface area (Å²) in [5.74, 6) is -0.564. The van der Waals surface area contributed by atoms with E-state index in [1.165, 1.54) is 11.3 Å². The summed E-state index contributed by atoms with van der Waals surface area (Å²) in [7, 11) is 0. The number of hydrogen-bond acceptors (Lipinski definition) is 5. The van der Waals surface area contributed by atoms with Gasteiger partial charge < -0.3 is 10.1 Å². The van der Waals surface area contributed by atoms with Crippen LogP contribution in [0.1, 0.15) is 45.0 Å². The molecular weight excluding hydrogens is 336 g/mol. The Morgan fingerprint density at radius 2 is 2.00 bits per heavy atom. The van der Waals surface area contributed by atoms with Crippen LogP contribution in [0.25, 0.3) is 0 Å². The van der Waals surface area contributed by atoms with Crippen molar-refractivity contribution in [3.63, 3.8) is 0 Å². The fourth-order valence-electron chi connectivity index (χ4n) is 3.00. The summed E-state index contributed by atoms with van der Waals surface area (Å²) in [4.78, 5) is 28.5. The minimum Gasteiger partial charge on any atom is -0.462 e. The predicted octanol–water partition coefficient (Wildman–Crippen LogP) is 3.56. The number of rotatable bonds is 5. The van der Waals surface area contributed by atoms with Crippen molar-refractivity contribution in [2.75, 3.05) is 25.0 Å². The number of likely N-dealkylation sites (N-methyl/N-ethyl adjacent to an activating group) is 1. The van der Waals surface area contributed by atoms with E-state index in [1.54, 1.807) is 19.1 Å². The quantitative estimate of drug-likeness (QED) is 0.831. The Bertz CT molecular complexity index is 770. The van der Waals surface area contributed by atoms with Crippen LogP contribution in [0, 0.1) is 0 Å². The molecule has 1 aromatic heterocycles. The van der Waals surface area contributed by atoms with Crippen molar-refractivity contribution in [1.29, 1.82) is 0 Å². The standard InChI is InChI=1S/C19H22N2O3S/c1-3-21-11-10-14-15(12-21)25-18(16(14)19(23)24-4-2)20-17(22)13-8-6-5-7-9-13/h5-9H,3-4,10-12H2,1-2H3,(H,20,22). The second-order valence-corrected chi connectivity index (χ2v) is 6.97. The Morgan fingerprint density at radius 3 is 2.68 bits per heavy atom. The lowest BCUT2D eigenvalue weighted by Gasteiger charge is -2.25. The van der Waals surface area contributed by atoms with Crippen LogP contribution >= 0.6 is 11.3 Å². The van der Waals surface area contributed by atoms with Crippen molar-refractivity contribution in [3.8, 4) is 0 Å². The highest BCUT2D eigenvalue weighted by Gasteiger charge is 2.29. The van der Waals surface area contributed by atoms with Crippen molar-refractivity contribution >= 4 is 28.2 Å². The van der Waals surface area contributed by atoms with Gasteiger partial charge in [0.15, 0.2) is 0 Å². The number of fused-ring (bicyclic) bond motifs is 1. The van der Waals surface area contributed by atoms with Gasteiger partial charge in [0.1, 0.15) is 5.00 Å². The minimum atomic E-state index is -0.353. The van der Waals surface area contributed by atoms with Gasteiger partial charge in [-0.1, -0.05) is 25.1 Å². The SMILES string of the molecule is CCOC(=O)c1c(NC(=O)c2ccccc2)sc2c1CCN(CC)C2. The van der Waals surface area contributed by atoms with Gasteiger partial charge in [-0.05, 0) is 37.6 Å². The number of carbonyl (C=O) groups is 2. The summed E-state index contributed by atoms with van der Waals surface area (Å²) in [5, 5.41) is 3.51. The number of amides is 1. The Hall–Kier alpha value is -2.18. The van der Waals surface area contributed by atoms with E-state index in [1.807, 2.05) is 18.2 Å². The molecule has 2 aromatic rings. The molecule has 1 aliphatic rings. The molecule has 0 saturated heterocycles. The monoisotopic (exact) mass is 358 g/mol. The normalized spacial score (nSPS) is 14.0. The molecule has 6 heteroatoms. The summed E-state index contributed by atoms with van der Waals surface area (Å²) < 4.78 is 5.24. The summed E-state index contributed by atoms with van der Waals surface area (Å²) >= 11 is 1.48. The Labute approximate surface area is 151 Å². The van der Waals surface area contributed by atoms with Gasteiger partial charge in [0.25, 0.3) is 5.91 Å². The lowest BCUT2D eigenvalue weighted by Crippen LogP contribution is -2.30. The van der Waals surface area contributed by atoms with Crippen molar-refractivity contribution < 1.29 is 14.3 Å². The van der Waals surface area contributed by atoms with Crippen LogP contribution < -0.4 is 5.32 Å². The van der Waals surface area contributed by atoms with E-state index < -0.39 is 0 Å². The molecule has 0 saturated carbocycles. The number of hydrogen-bond donors (Lipinski definition) is 1. The molecule has 0 bridgehead atoms. The molecule has 0 unspecified atom stereocenters. The van der Waals surface area contributed by atoms with Gasteiger partial charge >= 0.3 is 5.97 Å². The first-order valence-electron chi connectivity index (χ1n) is 8.54. The maximum atomic E-state index is 12.5. The highest BCUT2D eigenvalue weighted by Crippen LogP contribution is 2.37. The molecule has 132 valence electrons. The molecule has 3 rings (SSSR count). The van der Waals surface area contributed by atoms with E-state index in [9.17, 15) is 9.59 Å². The predicted molar refractivity (Wildman–Crippen MR) is 99.3 cm³/mol. The van der Waals surface area contributed by atoms with Crippen LogP contribution in [-0.2, 0) is 17.7 Å². The number of anilines is 1. The number of benzene rings is 1. The van der Waals surface area contributed by atoms with Crippen LogP contribution in [0.4, 0.5) is 5.00 Å². The average molecular weight is 358 g/mol. The van der Waals surface area contributed by atoms with Gasteiger partial charge in [-0.2, -0.15) is 0 Å². The number of nitrogens with zero attached hydrogens (tertiary/aromatic N) is 1. The van der Waals surface area contributed by atoms with E-state index in [0.717, 1.165) is 36.5 Å². The third-order valence-electron chi connectivity index (χ3n) is 4.33. The molecule has 25 heavy (non-hydrogen) atoms. The molecule has 0 fully saturated rings. The van der Waals surface area contributed by atoms with E-state index in [2.05, 4.69) is 17.1 Å². The first-order valence-corrected chi connectivity index (χ1v) is 9.36. The molecule has 1 N–H and O–H groups in total. The highest BCUT2D eigenvalue weighted by atomic mass is 32.1. The average Bonchev–Trinajstić information content (AvgIpc) is 2.99. The van der Waals surface area contributed by atoms with E-state index in [-0.39, 0.29) is 11.9 Å². The zero-order chi connectivity index (χ0) is 17.8. The van der Waals surface area contributed by atoms with Gasteiger partial charge in [0.2, 0.25) is 0 Å². The van der Waals surface area contributed by atoms with Gasteiger partial charge in [0, 0.05) is 23.5 Å². The highest BCUT2D eigenvalue weighted by molar-refractivity contribution is 7.17. The molecular formula is C19H22N2O3S. The molecule has 0 atom stereocenters. The fourth-order valence-corrected chi connectivity index (χ4v) is 4.27. The molecule has 0 spiro atoms. The van der Waals surface area contributed by atoms with Crippen LogP contribution in [0.3, 0.4) is 0 Å². The van der Waals surface area contributed by atoms with Crippen molar-refractivity contribution in [2.45, 2.75) is 26.8 Å². The zero-order valence-electron chi connectivity index (χ0n) is 14.5. The van der Waals surface area contributed by atoms with Gasteiger partial charge in [-0.15, -0.1) is 11.3 Å². The van der Waals surface area contributed by atoms with Crippen LogP contribution in [0.2, 0.25) is 0 Å². The third-order valence-corrected chi connectivity index (χ3v) is 5.46. The first kappa shape index (κ1) is 17.6. The molecule has 5 nitrogen and oxygen atoms in total. The van der Waals surface area contributed by atoms with E-state index >= 15 is 0 Å². The number of carbonyl (C=O) groups excluding carboxylic acids is 2. The Kier molecular flexibility index (Phi) is 5.50. The van der Waals surface area contributed by atoms with E-state index in [0.29, 0.717) is 22.7 Å². The number of nitrogens with one attached hydrogen (secondary N) is 1. The smallest absolute Gasteiger partial charge is 0.341 e. The summed E-state index contributed by atoms with van der Waals surface area (Å²) in [6.07, 6.45) is 0.801. The van der Waals surface area contributed by atoms with Gasteiger partial charge in [0.05, 0.1) is 12.2 Å². The molecule has 0 aliphatic carbocycles. The molecule has 0 radical (unpaired) electrons. The summed E-state index contributed by atoms with van der Waals surface area (Å²) in [6.45, 7) is 6.93. The number of thiophene rings is 1. The Balaban J connectivity index is 1.93. The minimum absolute atomic E-state index is 0.211. The van der Waals surface area contributed by atoms with Crippen LogP contribution in [-0.4, -0.2) is 36.5 Å². The summed E-state index contributed by atoms with van der Waals surface area (Å²) in [6, 6.07) is 9.01. The largest absolute Gasteiger partial charge is 0.462 e. The zero-order valence-corrected chi connectivity index (χ0v) is 15.3. The van der Waals surface area contributed by atoms with Crippen LogP contribution in [0.15, 0.2) is 30.3 Å². The molecule has 1 aromatic carbocycles. The van der Waals surface area contributed by atoms with E-state index in [4.69, 9.17) is 4.74 Å². The van der Waals surface area contributed by atoms with Crippen LogP contribution in [0.5, 0.6) is 0 Å². The first-order chi connectivity index (χ1) is 12.1. The molecule has 1 amide bonds. The topological polar surface area (TPSA) is 58.6 Å². The van der Waals surface area contributed by atoms with Crippen molar-refractivity contribution in [2.24, 2.45) is 0 Å². The lowest BCUT2D eigenvalue weighted by molar-refractivity contribution is 0.0526. The van der Waals surface area contributed by atoms with Crippen molar-refractivity contribution in [1.82, 2.24) is 4.90 Å². The van der Waals surface area contributed by atoms with Gasteiger partial charge in [-0.25, -0.2) is 4.79 Å². The number of esters is 1. The summed E-state index contributed by atoms with van der Waals surface area (Å²) in [5.41, 5.74) is 2.12. The second kappa shape index (κ2) is 7.80. The fraction of sp³-hybridized carbons (Fsp3) is 0.368. The lowest BCUT2D eigenvalue weighted by atomic mass is 10.0. The maximum Gasteiger partial charge on any atom is 0.341 e. The Morgan fingerprint density at radius 1 is 1.24 bits per heavy atom. The molecule has 1 aliphatic heterocycles. The number of ether oxygens (including phenoxy) is 1. The second-order valence-electron chi connectivity index (χ2n) is 5.87. The molecule has 2 heterocycles. The maximum absolute atomic E-state index is 12.5. The van der Waals surface area contributed by atoms with Crippen molar-refractivity contribution in [3.05, 3.63) is 51.9 Å². The van der Waals surface area contributed by atoms with Gasteiger partial charge in [-0.3, -0.25) is 9.69 Å².